The summed E-state index contributed by atoms with van der Waals surface area (Å²) in [6.45, 7) is 2.36. The van der Waals surface area contributed by atoms with Gasteiger partial charge in [-0.05, 0) is 23.6 Å². The standard InChI is InChI=1S/C16H15ClN2O3/c1-11(12-5-3-2-4-6-12)10-18-16(20)14-9-13(17)7-8-15(14)19(21)22/h2-9,11H,10H2,1H3,(H,18,20)/t11-/m1/s1. The van der Waals surface area contributed by atoms with Crippen LogP contribution in [0.4, 0.5) is 5.69 Å². The Labute approximate surface area is 133 Å². The normalized spacial score (nSPS) is 11.7. The van der Waals surface area contributed by atoms with E-state index in [9.17, 15) is 14.9 Å². The van der Waals surface area contributed by atoms with Crippen LogP contribution in [0.25, 0.3) is 0 Å². The zero-order valence-corrected chi connectivity index (χ0v) is 12.7. The lowest BCUT2D eigenvalue weighted by Crippen LogP contribution is -2.28. The summed E-state index contributed by atoms with van der Waals surface area (Å²) in [5.41, 5.74) is 0.801. The summed E-state index contributed by atoms with van der Waals surface area (Å²) in [6, 6.07) is 13.6. The quantitative estimate of drug-likeness (QED) is 0.673. The molecule has 2 rings (SSSR count). The van der Waals surface area contributed by atoms with Crippen molar-refractivity contribution in [2.24, 2.45) is 0 Å². The molecule has 1 amide bonds. The molecule has 2 aromatic carbocycles. The maximum Gasteiger partial charge on any atom is 0.282 e. The van der Waals surface area contributed by atoms with Gasteiger partial charge in [-0.1, -0.05) is 48.9 Å². The molecule has 5 nitrogen and oxygen atoms in total. The van der Waals surface area contributed by atoms with E-state index < -0.39 is 10.8 Å². The van der Waals surface area contributed by atoms with Gasteiger partial charge >= 0.3 is 0 Å². The Hall–Kier alpha value is -2.40. The average Bonchev–Trinajstić information content (AvgIpc) is 2.52. The van der Waals surface area contributed by atoms with Gasteiger partial charge in [0.1, 0.15) is 5.56 Å². The molecule has 0 radical (unpaired) electrons. The highest BCUT2D eigenvalue weighted by molar-refractivity contribution is 6.31. The summed E-state index contributed by atoms with van der Waals surface area (Å²) in [6.07, 6.45) is 0. The van der Waals surface area contributed by atoms with Crippen LogP contribution in [0.2, 0.25) is 5.02 Å². The van der Waals surface area contributed by atoms with Gasteiger partial charge < -0.3 is 5.32 Å². The summed E-state index contributed by atoms with van der Waals surface area (Å²) in [7, 11) is 0. The van der Waals surface area contributed by atoms with Crippen molar-refractivity contribution in [3.8, 4) is 0 Å². The van der Waals surface area contributed by atoms with Crippen LogP contribution < -0.4 is 5.32 Å². The van der Waals surface area contributed by atoms with Gasteiger partial charge in [-0.15, -0.1) is 0 Å². The molecule has 0 saturated heterocycles. The third-order valence-electron chi connectivity index (χ3n) is 3.34. The Balaban J connectivity index is 2.10. The fraction of sp³-hybridized carbons (Fsp3) is 0.188. The first-order valence-corrected chi connectivity index (χ1v) is 7.14. The second kappa shape index (κ2) is 7.04. The Bertz CT molecular complexity index is 689. The van der Waals surface area contributed by atoms with E-state index in [1.54, 1.807) is 0 Å². The lowest BCUT2D eigenvalue weighted by atomic mass is 10.0. The number of nitro benzene ring substituents is 1. The number of amides is 1. The predicted molar refractivity (Wildman–Crippen MR) is 85.3 cm³/mol. The van der Waals surface area contributed by atoms with Gasteiger partial charge in [0, 0.05) is 17.6 Å². The van der Waals surface area contributed by atoms with Crippen molar-refractivity contribution in [3.05, 3.63) is 74.8 Å². The molecule has 6 heteroatoms. The monoisotopic (exact) mass is 318 g/mol. The number of carbonyl (C=O) groups excluding carboxylic acids is 1. The molecular formula is C16H15ClN2O3. The minimum Gasteiger partial charge on any atom is -0.351 e. The van der Waals surface area contributed by atoms with Crippen LogP contribution in [-0.4, -0.2) is 17.4 Å². The molecule has 1 atom stereocenters. The molecule has 0 heterocycles. The van der Waals surface area contributed by atoms with Crippen LogP contribution in [0, 0.1) is 10.1 Å². The van der Waals surface area contributed by atoms with E-state index in [0.29, 0.717) is 6.54 Å². The maximum absolute atomic E-state index is 12.2. The second-order valence-electron chi connectivity index (χ2n) is 4.94. The Morgan fingerprint density at radius 2 is 1.95 bits per heavy atom. The van der Waals surface area contributed by atoms with Gasteiger partial charge in [0.25, 0.3) is 11.6 Å². The van der Waals surface area contributed by atoms with E-state index in [1.807, 2.05) is 37.3 Å². The zero-order chi connectivity index (χ0) is 16.1. The molecule has 2 aromatic rings. The van der Waals surface area contributed by atoms with Gasteiger partial charge in [-0.3, -0.25) is 14.9 Å². The molecule has 0 spiro atoms. The molecule has 0 bridgehead atoms. The van der Waals surface area contributed by atoms with E-state index in [2.05, 4.69) is 5.32 Å². The fourth-order valence-electron chi connectivity index (χ4n) is 2.09. The second-order valence-corrected chi connectivity index (χ2v) is 5.38. The van der Waals surface area contributed by atoms with Crippen LogP contribution >= 0.6 is 11.6 Å². The van der Waals surface area contributed by atoms with Crippen molar-refractivity contribution in [2.75, 3.05) is 6.54 Å². The first-order valence-electron chi connectivity index (χ1n) is 6.76. The Kier molecular flexibility index (Phi) is 5.12. The number of benzene rings is 2. The number of rotatable bonds is 5. The highest BCUT2D eigenvalue weighted by Crippen LogP contribution is 2.23. The fourth-order valence-corrected chi connectivity index (χ4v) is 2.26. The third-order valence-corrected chi connectivity index (χ3v) is 3.57. The zero-order valence-electron chi connectivity index (χ0n) is 12.0. The summed E-state index contributed by atoms with van der Waals surface area (Å²) < 4.78 is 0. The first kappa shape index (κ1) is 16.0. The summed E-state index contributed by atoms with van der Waals surface area (Å²) in [5.74, 6) is -0.402. The van der Waals surface area contributed by atoms with Crippen LogP contribution in [0.1, 0.15) is 28.8 Å². The molecule has 22 heavy (non-hydrogen) atoms. The van der Waals surface area contributed by atoms with Gasteiger partial charge in [0.15, 0.2) is 0 Å². The van der Waals surface area contributed by atoms with Crippen molar-refractivity contribution in [2.45, 2.75) is 12.8 Å². The molecule has 114 valence electrons. The lowest BCUT2D eigenvalue weighted by Gasteiger charge is -2.13. The first-order chi connectivity index (χ1) is 10.5. The number of nitrogens with one attached hydrogen (secondary N) is 1. The molecule has 0 aliphatic carbocycles. The molecule has 0 aliphatic heterocycles. The van der Waals surface area contributed by atoms with E-state index in [-0.39, 0.29) is 22.2 Å². The number of hydrogen-bond donors (Lipinski definition) is 1. The maximum atomic E-state index is 12.2. The largest absolute Gasteiger partial charge is 0.351 e. The highest BCUT2D eigenvalue weighted by Gasteiger charge is 2.20. The summed E-state index contributed by atoms with van der Waals surface area (Å²) in [4.78, 5) is 22.6. The van der Waals surface area contributed by atoms with Crippen molar-refractivity contribution in [3.63, 3.8) is 0 Å². The van der Waals surface area contributed by atoms with Crippen LogP contribution in [0.5, 0.6) is 0 Å². The van der Waals surface area contributed by atoms with E-state index in [0.717, 1.165) is 5.56 Å². The molecular weight excluding hydrogens is 304 g/mol. The summed E-state index contributed by atoms with van der Waals surface area (Å²) in [5, 5.41) is 14.0. The van der Waals surface area contributed by atoms with E-state index in [1.165, 1.54) is 18.2 Å². The van der Waals surface area contributed by atoms with E-state index in [4.69, 9.17) is 11.6 Å². The molecule has 0 unspecified atom stereocenters. The van der Waals surface area contributed by atoms with Crippen molar-refractivity contribution >= 4 is 23.2 Å². The number of carbonyl (C=O) groups is 1. The molecule has 0 aromatic heterocycles. The number of halogens is 1. The number of hydrogen-bond acceptors (Lipinski definition) is 3. The Morgan fingerprint density at radius 1 is 1.27 bits per heavy atom. The van der Waals surface area contributed by atoms with Gasteiger partial charge in [0.2, 0.25) is 0 Å². The van der Waals surface area contributed by atoms with Gasteiger partial charge in [-0.25, -0.2) is 0 Å². The average molecular weight is 319 g/mol. The SMILES string of the molecule is C[C@H](CNC(=O)c1cc(Cl)ccc1[N+](=O)[O-])c1ccccc1. The van der Waals surface area contributed by atoms with Crippen molar-refractivity contribution < 1.29 is 9.72 Å². The molecule has 1 N–H and O–H groups in total. The van der Waals surface area contributed by atoms with E-state index >= 15 is 0 Å². The van der Waals surface area contributed by atoms with Gasteiger partial charge in [-0.2, -0.15) is 0 Å². The highest BCUT2D eigenvalue weighted by atomic mass is 35.5. The topological polar surface area (TPSA) is 72.2 Å². The predicted octanol–water partition coefficient (Wildman–Crippen LogP) is 3.78. The molecule has 0 saturated carbocycles. The molecule has 0 aliphatic rings. The Morgan fingerprint density at radius 3 is 2.59 bits per heavy atom. The number of nitro groups is 1. The van der Waals surface area contributed by atoms with Gasteiger partial charge in [0.05, 0.1) is 4.92 Å². The van der Waals surface area contributed by atoms with Crippen LogP contribution in [0.3, 0.4) is 0 Å². The lowest BCUT2D eigenvalue weighted by molar-refractivity contribution is -0.385. The minimum absolute atomic E-state index is 0.0299. The van der Waals surface area contributed by atoms with Crippen molar-refractivity contribution in [1.82, 2.24) is 5.32 Å². The number of nitrogens with zero attached hydrogens (tertiary/aromatic N) is 1. The van der Waals surface area contributed by atoms with Crippen molar-refractivity contribution in [1.29, 1.82) is 0 Å². The molecule has 0 fully saturated rings. The summed E-state index contributed by atoms with van der Waals surface area (Å²) >= 11 is 5.82. The third kappa shape index (κ3) is 3.83. The minimum atomic E-state index is -0.591. The van der Waals surface area contributed by atoms with Crippen LogP contribution in [0.15, 0.2) is 48.5 Å². The van der Waals surface area contributed by atoms with Crippen LogP contribution in [-0.2, 0) is 0 Å². The smallest absolute Gasteiger partial charge is 0.282 e.